The van der Waals surface area contributed by atoms with Crippen molar-refractivity contribution in [1.82, 2.24) is 0 Å². The largest absolute Gasteiger partial charge is 0.492 e. The molecule has 3 unspecified atom stereocenters. The number of sulfone groups is 1. The number of rotatable bonds is 7. The zero-order valence-electron chi connectivity index (χ0n) is 25.5. The van der Waals surface area contributed by atoms with Gasteiger partial charge in [-0.25, -0.2) is 13.2 Å². The van der Waals surface area contributed by atoms with Crippen LogP contribution in [-0.4, -0.2) is 66.4 Å². The second kappa shape index (κ2) is 10.7. The summed E-state index contributed by atoms with van der Waals surface area (Å²) < 4.78 is 36.0. The molecule has 1 heterocycles. The molecule has 1 aliphatic heterocycles. The molecule has 3 fully saturated rings. The number of hydrogen-bond donors (Lipinski definition) is 4. The van der Waals surface area contributed by atoms with Crippen molar-refractivity contribution in [2.45, 2.75) is 83.5 Å². The number of benzene rings is 1. The SMILES string of the molecule is C=C[C@]1(C)C[C@@H](C(Oc2ccc3c(c2)B(O)OC3C(N)S(C)(=O)=O)C(=O)O)[C@@]2(C)[C@H](C)CC[C@]3(CCC(=O)[C@H]32)[C@@H](C)[C@@H]1O. The number of aliphatic hydroxyl groups excluding tert-OH is 1. The van der Waals surface area contributed by atoms with Gasteiger partial charge in [0.15, 0.2) is 15.9 Å². The minimum atomic E-state index is -3.69. The number of nitrogens with two attached hydrogens (primary N) is 1. The van der Waals surface area contributed by atoms with Gasteiger partial charge in [-0.05, 0) is 71.5 Å². The number of carboxylic acid groups (broad SMARTS) is 1. The Kier molecular flexibility index (Phi) is 7.99. The Morgan fingerprint density at radius 2 is 1.95 bits per heavy atom. The first-order valence-corrected chi connectivity index (χ1v) is 17.0. The summed E-state index contributed by atoms with van der Waals surface area (Å²) in [5.74, 6) is -2.22. The zero-order valence-corrected chi connectivity index (χ0v) is 26.3. The summed E-state index contributed by atoms with van der Waals surface area (Å²) in [6, 6.07) is 4.50. The molecule has 0 saturated heterocycles. The van der Waals surface area contributed by atoms with Gasteiger partial charge in [-0.3, -0.25) is 4.79 Å². The second-order valence-electron chi connectivity index (χ2n) is 14.1. The van der Waals surface area contributed by atoms with Gasteiger partial charge in [0, 0.05) is 29.9 Å². The number of ether oxygens (including phenoxy) is 1. The molecule has 0 radical (unpaired) electrons. The molecule has 236 valence electrons. The predicted molar refractivity (Wildman–Crippen MR) is 161 cm³/mol. The fourth-order valence-electron chi connectivity index (χ4n) is 9.23. The number of aliphatic carboxylic acids is 1. The summed E-state index contributed by atoms with van der Waals surface area (Å²) in [5.41, 5.74) is 4.48. The van der Waals surface area contributed by atoms with Gasteiger partial charge in [-0.15, -0.1) is 6.58 Å². The average molecular weight is 618 g/mol. The Balaban J connectivity index is 1.60. The second-order valence-corrected chi connectivity index (χ2v) is 16.3. The van der Waals surface area contributed by atoms with Gasteiger partial charge in [0.1, 0.15) is 16.9 Å². The van der Waals surface area contributed by atoms with Gasteiger partial charge in [-0.1, -0.05) is 39.8 Å². The fourth-order valence-corrected chi connectivity index (χ4v) is 9.89. The van der Waals surface area contributed by atoms with Crippen LogP contribution in [0.4, 0.5) is 0 Å². The number of carbonyl (C=O) groups excluding carboxylic acids is 1. The minimum Gasteiger partial charge on any atom is -0.478 e. The van der Waals surface area contributed by atoms with Gasteiger partial charge < -0.3 is 30.4 Å². The van der Waals surface area contributed by atoms with Crippen LogP contribution in [0.5, 0.6) is 5.75 Å². The molecule has 5 N–H and O–H groups in total. The van der Waals surface area contributed by atoms with Crippen molar-refractivity contribution < 1.29 is 42.6 Å². The number of Topliss-reactive ketones (excluding diaryl/α,β-unsaturated/α-hetero) is 1. The standard InChI is InChI=1S/C31H44BNO9S/c1-7-29(4)15-20(30(5)16(2)10-12-31(17(3)26(29)35)13-11-22(34)25(30)31)24(28(36)37)41-18-8-9-19-21(14-18)32(38)42-23(19)27(33)43(6,39)40/h7-9,14,16-17,20,23-27,35,38H,1,10-13,15,33H2,2-6H3,(H,36,37)/t16-,17+,20+,23?,24?,25+,26+,27?,29-,30-,31+/m1/s1. The minimum absolute atomic E-state index is 0.00751. The molecular formula is C31H44BNO9S. The van der Waals surface area contributed by atoms with E-state index >= 15 is 0 Å². The fraction of sp³-hybridized carbons (Fsp3) is 0.677. The summed E-state index contributed by atoms with van der Waals surface area (Å²) in [4.78, 5) is 26.9. The van der Waals surface area contributed by atoms with E-state index in [1.54, 1.807) is 6.08 Å². The molecule has 0 amide bonds. The van der Waals surface area contributed by atoms with Crippen LogP contribution in [0.15, 0.2) is 30.9 Å². The molecule has 3 saturated carbocycles. The molecule has 1 aromatic carbocycles. The smallest absolute Gasteiger partial charge is 0.478 e. The van der Waals surface area contributed by atoms with Crippen molar-refractivity contribution in [3.63, 3.8) is 0 Å². The molecule has 2 bridgehead atoms. The van der Waals surface area contributed by atoms with Crippen LogP contribution < -0.4 is 15.9 Å². The van der Waals surface area contributed by atoms with Crippen molar-refractivity contribution in [2.75, 3.05) is 6.26 Å². The monoisotopic (exact) mass is 617 g/mol. The Morgan fingerprint density at radius 1 is 1.28 bits per heavy atom. The number of aliphatic hydroxyl groups is 1. The van der Waals surface area contributed by atoms with Crippen LogP contribution in [-0.2, 0) is 24.1 Å². The molecule has 11 atom stereocenters. The predicted octanol–water partition coefficient (Wildman–Crippen LogP) is 2.22. The lowest BCUT2D eigenvalue weighted by molar-refractivity contribution is -0.193. The van der Waals surface area contributed by atoms with Crippen molar-refractivity contribution >= 4 is 34.2 Å². The quantitative estimate of drug-likeness (QED) is 0.263. The maximum atomic E-state index is 13.7. The Morgan fingerprint density at radius 3 is 2.56 bits per heavy atom. The number of carbonyl (C=O) groups is 2. The lowest BCUT2D eigenvalue weighted by Crippen LogP contribution is -2.63. The van der Waals surface area contributed by atoms with E-state index in [4.69, 9.17) is 15.1 Å². The van der Waals surface area contributed by atoms with E-state index in [9.17, 15) is 33.2 Å². The highest BCUT2D eigenvalue weighted by atomic mass is 32.2. The lowest BCUT2D eigenvalue weighted by atomic mass is 9.41. The average Bonchev–Trinajstić information content (AvgIpc) is 3.47. The molecular weight excluding hydrogens is 573 g/mol. The number of ketones is 1. The molecule has 0 aromatic heterocycles. The van der Waals surface area contributed by atoms with E-state index in [0.29, 0.717) is 18.4 Å². The highest BCUT2D eigenvalue weighted by molar-refractivity contribution is 7.91. The van der Waals surface area contributed by atoms with Crippen molar-refractivity contribution in [2.24, 2.45) is 45.7 Å². The molecule has 3 aliphatic carbocycles. The molecule has 43 heavy (non-hydrogen) atoms. The lowest BCUT2D eigenvalue weighted by Gasteiger charge is -2.63. The van der Waals surface area contributed by atoms with Gasteiger partial charge in [0.2, 0.25) is 0 Å². The third-order valence-electron chi connectivity index (χ3n) is 12.0. The van der Waals surface area contributed by atoms with E-state index in [0.717, 1.165) is 19.1 Å². The first kappa shape index (κ1) is 32.2. The van der Waals surface area contributed by atoms with E-state index < -0.39 is 74.7 Å². The normalized spacial score (nSPS) is 40.6. The van der Waals surface area contributed by atoms with Gasteiger partial charge in [-0.2, -0.15) is 0 Å². The van der Waals surface area contributed by atoms with Crippen molar-refractivity contribution in [3.8, 4) is 5.75 Å². The summed E-state index contributed by atoms with van der Waals surface area (Å²) >= 11 is 0. The van der Waals surface area contributed by atoms with Crippen LogP contribution in [0.25, 0.3) is 0 Å². The third-order valence-corrected chi connectivity index (χ3v) is 13.2. The van der Waals surface area contributed by atoms with E-state index in [2.05, 4.69) is 13.5 Å². The van der Waals surface area contributed by atoms with E-state index in [1.807, 2.05) is 20.8 Å². The van der Waals surface area contributed by atoms with Crippen LogP contribution in [0.2, 0.25) is 0 Å². The highest BCUT2D eigenvalue weighted by Crippen LogP contribution is 2.69. The topological polar surface area (TPSA) is 173 Å². The van der Waals surface area contributed by atoms with Gasteiger partial charge in [0.05, 0.1) is 12.2 Å². The van der Waals surface area contributed by atoms with Crippen LogP contribution in [0.3, 0.4) is 0 Å². The van der Waals surface area contributed by atoms with Crippen molar-refractivity contribution in [3.05, 3.63) is 36.4 Å². The summed E-state index contributed by atoms with van der Waals surface area (Å²) in [6.45, 7) is 12.1. The third kappa shape index (κ3) is 4.79. The zero-order chi connectivity index (χ0) is 31.9. The molecule has 10 nitrogen and oxygen atoms in total. The summed E-state index contributed by atoms with van der Waals surface area (Å²) in [7, 11) is -5.17. The summed E-state index contributed by atoms with van der Waals surface area (Å²) in [5, 5.41) is 31.7. The Bertz CT molecular complexity index is 1440. The van der Waals surface area contributed by atoms with Crippen molar-refractivity contribution in [1.29, 1.82) is 0 Å². The molecule has 1 aromatic rings. The number of hydrogen-bond acceptors (Lipinski definition) is 9. The Labute approximate surface area is 254 Å². The van der Waals surface area contributed by atoms with Crippen LogP contribution >= 0.6 is 0 Å². The molecule has 4 aliphatic rings. The maximum absolute atomic E-state index is 13.7. The number of carboxylic acids is 1. The molecule has 5 rings (SSSR count). The highest BCUT2D eigenvalue weighted by Gasteiger charge is 2.69. The first-order chi connectivity index (χ1) is 19.9. The molecule has 12 heteroatoms. The summed E-state index contributed by atoms with van der Waals surface area (Å²) in [6.07, 6.45) is 2.25. The van der Waals surface area contributed by atoms with Crippen LogP contribution in [0.1, 0.15) is 71.5 Å². The van der Waals surface area contributed by atoms with Gasteiger partial charge >= 0.3 is 13.1 Å². The van der Waals surface area contributed by atoms with Crippen LogP contribution in [0, 0.1) is 39.9 Å². The molecule has 0 spiro atoms. The number of fused-ring (bicyclic) bond motifs is 1. The van der Waals surface area contributed by atoms with Gasteiger partial charge in [0.25, 0.3) is 0 Å². The van der Waals surface area contributed by atoms with E-state index in [1.165, 1.54) is 18.2 Å². The maximum Gasteiger partial charge on any atom is 0.492 e. The van der Waals surface area contributed by atoms with E-state index in [-0.39, 0.29) is 35.3 Å². The Hall–Kier alpha value is -2.25. The first-order valence-electron chi connectivity index (χ1n) is 15.1.